The van der Waals surface area contributed by atoms with Gasteiger partial charge in [-0.2, -0.15) is 0 Å². The van der Waals surface area contributed by atoms with Gasteiger partial charge in [0.15, 0.2) is 0 Å². The molecule has 2 atom stereocenters. The lowest BCUT2D eigenvalue weighted by atomic mass is 9.97. The van der Waals surface area contributed by atoms with Crippen molar-refractivity contribution in [2.24, 2.45) is 5.73 Å². The van der Waals surface area contributed by atoms with Gasteiger partial charge in [0.2, 0.25) is 0 Å². The number of ether oxygens (including phenoxy) is 1. The molecule has 2 aromatic rings. The fourth-order valence-electron chi connectivity index (χ4n) is 4.13. The molecule has 0 bridgehead atoms. The summed E-state index contributed by atoms with van der Waals surface area (Å²) < 4.78 is 6.32. The molecule has 0 radical (unpaired) electrons. The highest BCUT2D eigenvalue weighted by Crippen LogP contribution is 2.31. The summed E-state index contributed by atoms with van der Waals surface area (Å²) in [5.74, 6) is 0.601. The lowest BCUT2D eigenvalue weighted by molar-refractivity contribution is -0.0442. The van der Waals surface area contributed by atoms with Crippen LogP contribution in [0.1, 0.15) is 59.8 Å². The van der Waals surface area contributed by atoms with Gasteiger partial charge in [0.25, 0.3) is 5.91 Å². The van der Waals surface area contributed by atoms with E-state index in [0.717, 1.165) is 32.1 Å². The van der Waals surface area contributed by atoms with Crippen molar-refractivity contribution in [3.63, 3.8) is 0 Å². The predicted octanol–water partition coefficient (Wildman–Crippen LogP) is 3.07. The molecule has 160 valence electrons. The number of piperidine rings is 1. The smallest absolute Gasteiger partial charge is 0.272 e. The highest BCUT2D eigenvalue weighted by molar-refractivity contribution is 5.93. The van der Waals surface area contributed by atoms with Gasteiger partial charge in [0.1, 0.15) is 17.8 Å². The molecule has 2 fully saturated rings. The Labute approximate surface area is 178 Å². The Balaban J connectivity index is 1.33. The van der Waals surface area contributed by atoms with Gasteiger partial charge in [0, 0.05) is 31.7 Å². The molecule has 7 nitrogen and oxygen atoms in total. The van der Waals surface area contributed by atoms with Crippen LogP contribution >= 0.6 is 0 Å². The number of rotatable bonds is 5. The molecule has 2 aliphatic rings. The summed E-state index contributed by atoms with van der Waals surface area (Å²) in [7, 11) is 0. The molecule has 1 unspecified atom stereocenters. The molecule has 7 heteroatoms. The van der Waals surface area contributed by atoms with Crippen LogP contribution in [0.2, 0.25) is 0 Å². The number of nitrogens with two attached hydrogens (primary N) is 1. The lowest BCUT2D eigenvalue weighted by Gasteiger charge is -2.31. The molecule has 2 aliphatic heterocycles. The second kappa shape index (κ2) is 9.53. The number of anilines is 1. The van der Waals surface area contributed by atoms with E-state index in [1.165, 1.54) is 17.5 Å². The average molecular weight is 410 g/mol. The Kier molecular flexibility index (Phi) is 6.59. The average Bonchev–Trinajstić information content (AvgIpc) is 2.79. The van der Waals surface area contributed by atoms with Crippen molar-refractivity contribution in [3.05, 3.63) is 53.5 Å². The summed E-state index contributed by atoms with van der Waals surface area (Å²) in [6, 6.07) is 10.5. The van der Waals surface area contributed by atoms with Crippen LogP contribution in [0.3, 0.4) is 0 Å². The summed E-state index contributed by atoms with van der Waals surface area (Å²) in [6.45, 7) is 4.12. The highest BCUT2D eigenvalue weighted by Gasteiger charge is 2.25. The van der Waals surface area contributed by atoms with Crippen molar-refractivity contribution in [2.75, 3.05) is 25.0 Å². The summed E-state index contributed by atoms with van der Waals surface area (Å²) in [4.78, 5) is 23.0. The molecule has 2 saturated heterocycles. The number of amides is 1. The predicted molar refractivity (Wildman–Crippen MR) is 116 cm³/mol. The molecule has 0 saturated carbocycles. The first-order chi connectivity index (χ1) is 14.6. The van der Waals surface area contributed by atoms with Crippen molar-refractivity contribution >= 4 is 11.7 Å². The van der Waals surface area contributed by atoms with Crippen LogP contribution < -0.4 is 11.1 Å². The number of nitrogens with zero attached hydrogens (tertiary/aromatic N) is 3. The number of benzene rings is 1. The maximum atomic E-state index is 12.7. The molecule has 30 heavy (non-hydrogen) atoms. The standard InChI is InChI=1S/C23H31N5O2/c1-16-5-7-17(8-6-16)21-4-2-3-19(30-21)14-25-22-13-20(26-15-27-22)23(29)28-11-9-18(24)10-12-28/h5-8,13,15,18-19,21H,2-4,9-12,14,24H2,1H3,(H,25,26,27)/t19-,21?/m1/s1. The molecule has 4 rings (SSSR count). The lowest BCUT2D eigenvalue weighted by Crippen LogP contribution is -2.43. The van der Waals surface area contributed by atoms with Gasteiger partial charge in [-0.1, -0.05) is 29.8 Å². The first kappa shape index (κ1) is 20.8. The fourth-order valence-corrected chi connectivity index (χ4v) is 4.13. The van der Waals surface area contributed by atoms with Crippen LogP contribution in [0.25, 0.3) is 0 Å². The maximum Gasteiger partial charge on any atom is 0.272 e. The normalized spacial score (nSPS) is 22.7. The van der Waals surface area contributed by atoms with Crippen LogP contribution in [0.4, 0.5) is 5.82 Å². The number of hydrogen-bond donors (Lipinski definition) is 2. The third-order valence-electron chi connectivity index (χ3n) is 6.02. The minimum atomic E-state index is -0.0549. The van der Waals surface area contributed by atoms with E-state index < -0.39 is 0 Å². The first-order valence-corrected chi connectivity index (χ1v) is 10.9. The molecular weight excluding hydrogens is 378 g/mol. The number of hydrogen-bond acceptors (Lipinski definition) is 6. The molecule has 3 heterocycles. The third kappa shape index (κ3) is 5.15. The topological polar surface area (TPSA) is 93.4 Å². The Morgan fingerprint density at radius 1 is 1.17 bits per heavy atom. The molecule has 0 aliphatic carbocycles. The summed E-state index contributed by atoms with van der Waals surface area (Å²) >= 11 is 0. The van der Waals surface area contributed by atoms with Crippen molar-refractivity contribution in [3.8, 4) is 0 Å². The van der Waals surface area contributed by atoms with Gasteiger partial charge in [-0.05, 0) is 44.6 Å². The molecule has 1 aromatic heterocycles. The third-order valence-corrected chi connectivity index (χ3v) is 6.02. The second-order valence-electron chi connectivity index (χ2n) is 8.39. The molecule has 3 N–H and O–H groups in total. The number of aryl methyl sites for hydroxylation is 1. The van der Waals surface area contributed by atoms with E-state index in [2.05, 4.69) is 46.5 Å². The number of carbonyl (C=O) groups excluding carboxylic acids is 1. The quantitative estimate of drug-likeness (QED) is 0.788. The van der Waals surface area contributed by atoms with Gasteiger partial charge in [-0.25, -0.2) is 9.97 Å². The van der Waals surface area contributed by atoms with Crippen LogP contribution in [0.15, 0.2) is 36.7 Å². The van der Waals surface area contributed by atoms with Crippen LogP contribution in [-0.2, 0) is 4.74 Å². The number of nitrogens with one attached hydrogen (secondary N) is 1. The fraction of sp³-hybridized carbons (Fsp3) is 0.522. The Morgan fingerprint density at radius 3 is 2.70 bits per heavy atom. The molecule has 1 amide bonds. The number of likely N-dealkylation sites (tertiary alicyclic amines) is 1. The zero-order valence-corrected chi connectivity index (χ0v) is 17.6. The summed E-state index contributed by atoms with van der Waals surface area (Å²) in [5.41, 5.74) is 8.86. The van der Waals surface area contributed by atoms with Crippen LogP contribution in [-0.4, -0.2) is 52.6 Å². The second-order valence-corrected chi connectivity index (χ2v) is 8.39. The molecule has 0 spiro atoms. The number of aromatic nitrogens is 2. The van der Waals surface area contributed by atoms with Gasteiger partial charge in [-0.3, -0.25) is 4.79 Å². The van der Waals surface area contributed by atoms with E-state index >= 15 is 0 Å². The van der Waals surface area contributed by atoms with Gasteiger partial charge in [-0.15, -0.1) is 0 Å². The van der Waals surface area contributed by atoms with E-state index in [0.29, 0.717) is 31.1 Å². The van der Waals surface area contributed by atoms with E-state index in [4.69, 9.17) is 10.5 Å². The largest absolute Gasteiger partial charge is 0.368 e. The zero-order chi connectivity index (χ0) is 20.9. The van der Waals surface area contributed by atoms with Crippen LogP contribution in [0.5, 0.6) is 0 Å². The maximum absolute atomic E-state index is 12.7. The minimum absolute atomic E-state index is 0.0549. The minimum Gasteiger partial charge on any atom is -0.368 e. The number of carbonyl (C=O) groups is 1. The Hall–Kier alpha value is -2.51. The summed E-state index contributed by atoms with van der Waals surface area (Å²) in [6.07, 6.45) is 6.57. The SMILES string of the molecule is Cc1ccc(C2CCC[C@H](CNc3cc(C(=O)N4CCC(N)CC4)ncn3)O2)cc1. The van der Waals surface area contributed by atoms with Crippen molar-refractivity contribution < 1.29 is 9.53 Å². The van der Waals surface area contributed by atoms with E-state index in [1.54, 1.807) is 6.07 Å². The van der Waals surface area contributed by atoms with Crippen molar-refractivity contribution in [1.29, 1.82) is 0 Å². The van der Waals surface area contributed by atoms with Gasteiger partial charge < -0.3 is 20.7 Å². The van der Waals surface area contributed by atoms with E-state index in [1.807, 2.05) is 4.90 Å². The Bertz CT molecular complexity index is 849. The first-order valence-electron chi connectivity index (χ1n) is 10.9. The van der Waals surface area contributed by atoms with Crippen molar-refractivity contribution in [1.82, 2.24) is 14.9 Å². The summed E-state index contributed by atoms with van der Waals surface area (Å²) in [5, 5.41) is 3.33. The Morgan fingerprint density at radius 2 is 1.93 bits per heavy atom. The van der Waals surface area contributed by atoms with Gasteiger partial charge >= 0.3 is 0 Å². The molecular formula is C23H31N5O2. The monoisotopic (exact) mass is 409 g/mol. The van der Waals surface area contributed by atoms with Gasteiger partial charge in [0.05, 0.1) is 12.2 Å². The van der Waals surface area contributed by atoms with E-state index in [9.17, 15) is 4.79 Å². The highest BCUT2D eigenvalue weighted by atomic mass is 16.5. The van der Waals surface area contributed by atoms with Crippen LogP contribution in [0, 0.1) is 6.92 Å². The molecule has 1 aromatic carbocycles. The van der Waals surface area contributed by atoms with E-state index in [-0.39, 0.29) is 24.2 Å². The zero-order valence-electron chi connectivity index (χ0n) is 17.6. The van der Waals surface area contributed by atoms with Crippen molar-refractivity contribution in [2.45, 2.75) is 57.3 Å².